The monoisotopic (exact) mass is 392 g/mol. The van der Waals surface area contributed by atoms with E-state index in [4.69, 9.17) is 0 Å². The van der Waals surface area contributed by atoms with E-state index in [9.17, 15) is 18.5 Å². The number of nitro benzene ring substituents is 1. The molecule has 0 saturated heterocycles. The molecule has 6 nitrogen and oxygen atoms in total. The fourth-order valence-corrected chi connectivity index (χ4v) is 8.01. The van der Waals surface area contributed by atoms with Crippen LogP contribution in [-0.2, 0) is 10.0 Å². The summed E-state index contributed by atoms with van der Waals surface area (Å²) in [6.45, 7) is 2.08. The molecule has 0 aliphatic heterocycles. The molecule has 4 aliphatic rings. The second-order valence-electron chi connectivity index (χ2n) is 8.97. The number of para-hydroxylation sites is 1. The number of sulfonamides is 1. The maximum absolute atomic E-state index is 13.1. The Morgan fingerprint density at radius 2 is 1.70 bits per heavy atom. The van der Waals surface area contributed by atoms with Crippen molar-refractivity contribution in [1.29, 1.82) is 0 Å². The van der Waals surface area contributed by atoms with Crippen LogP contribution in [0.3, 0.4) is 0 Å². The maximum Gasteiger partial charge on any atom is 0.289 e. The van der Waals surface area contributed by atoms with Crippen LogP contribution >= 0.6 is 0 Å². The maximum atomic E-state index is 13.1. The zero-order valence-corrected chi connectivity index (χ0v) is 16.6. The molecule has 27 heavy (non-hydrogen) atoms. The van der Waals surface area contributed by atoms with Crippen LogP contribution < -0.4 is 4.72 Å². The summed E-state index contributed by atoms with van der Waals surface area (Å²) in [5, 5.41) is 11.3. The first-order valence-corrected chi connectivity index (χ1v) is 11.6. The minimum Gasteiger partial charge on any atom is -0.258 e. The van der Waals surface area contributed by atoms with E-state index in [0.29, 0.717) is 0 Å². The van der Waals surface area contributed by atoms with Crippen molar-refractivity contribution in [3.05, 3.63) is 34.4 Å². The Morgan fingerprint density at radius 1 is 1.15 bits per heavy atom. The third-order valence-corrected chi connectivity index (χ3v) is 8.57. The number of hydrogen-bond donors (Lipinski definition) is 1. The summed E-state index contributed by atoms with van der Waals surface area (Å²) in [5.74, 6) is 2.18. The van der Waals surface area contributed by atoms with Crippen LogP contribution in [0.1, 0.15) is 58.3 Å². The third kappa shape index (κ3) is 3.40. The van der Waals surface area contributed by atoms with Crippen LogP contribution in [0.4, 0.5) is 5.69 Å². The summed E-state index contributed by atoms with van der Waals surface area (Å²) < 4.78 is 29.2. The summed E-state index contributed by atoms with van der Waals surface area (Å²) in [5.41, 5.74) is -0.327. The molecule has 148 valence electrons. The van der Waals surface area contributed by atoms with Gasteiger partial charge in [-0.05, 0) is 74.2 Å². The molecule has 0 spiro atoms. The van der Waals surface area contributed by atoms with Crippen molar-refractivity contribution in [2.75, 3.05) is 0 Å². The Balaban J connectivity index is 1.65. The highest BCUT2D eigenvalue weighted by atomic mass is 32.2. The van der Waals surface area contributed by atoms with Crippen LogP contribution in [0, 0.1) is 33.3 Å². The van der Waals surface area contributed by atoms with Gasteiger partial charge in [-0.3, -0.25) is 10.1 Å². The van der Waals surface area contributed by atoms with Gasteiger partial charge in [0.2, 0.25) is 10.0 Å². The highest BCUT2D eigenvalue weighted by Crippen LogP contribution is 2.61. The molecule has 1 unspecified atom stereocenters. The van der Waals surface area contributed by atoms with Gasteiger partial charge in [0.05, 0.1) is 4.92 Å². The Hall–Kier alpha value is -1.47. The summed E-state index contributed by atoms with van der Waals surface area (Å²) in [6.07, 6.45) is 8.88. The standard InChI is InChI=1S/C20H28N2O4S/c1-2-5-19(20-11-14-8-15(12-20)10-16(9-14)13-20)21-27(25,26)18-7-4-3-6-17(18)22(23)24/h3-4,6-7,14-16,19,21H,2,5,8-13H2,1H3. The zero-order chi connectivity index (χ0) is 19.2. The average molecular weight is 393 g/mol. The first kappa shape index (κ1) is 18.9. The lowest BCUT2D eigenvalue weighted by Gasteiger charge is -2.59. The molecule has 0 amide bonds. The first-order chi connectivity index (χ1) is 12.8. The Kier molecular flexibility index (Phi) is 4.79. The van der Waals surface area contributed by atoms with Crippen molar-refractivity contribution in [2.24, 2.45) is 23.2 Å². The van der Waals surface area contributed by atoms with Gasteiger partial charge in [-0.2, -0.15) is 0 Å². The van der Waals surface area contributed by atoms with Crippen LogP contribution in [0.15, 0.2) is 29.2 Å². The Labute approximate surface area is 160 Å². The van der Waals surface area contributed by atoms with Crippen molar-refractivity contribution in [2.45, 2.75) is 69.2 Å². The Bertz CT molecular complexity index is 801. The molecule has 0 radical (unpaired) electrons. The highest BCUT2D eigenvalue weighted by Gasteiger charge is 2.54. The summed E-state index contributed by atoms with van der Waals surface area (Å²) in [7, 11) is -3.94. The minimum absolute atomic E-state index is 0.0292. The number of rotatable bonds is 7. The van der Waals surface area contributed by atoms with E-state index in [2.05, 4.69) is 11.6 Å². The van der Waals surface area contributed by atoms with Gasteiger partial charge in [-0.25, -0.2) is 13.1 Å². The molecule has 4 bridgehead atoms. The van der Waals surface area contributed by atoms with Gasteiger partial charge in [0, 0.05) is 12.1 Å². The largest absolute Gasteiger partial charge is 0.289 e. The predicted octanol–water partition coefficient (Wildman–Crippen LogP) is 4.26. The van der Waals surface area contributed by atoms with Crippen molar-refractivity contribution in [3.63, 3.8) is 0 Å². The number of benzene rings is 1. The number of nitrogens with zero attached hydrogens (tertiary/aromatic N) is 1. The molecule has 7 heteroatoms. The van der Waals surface area contributed by atoms with Gasteiger partial charge in [-0.1, -0.05) is 25.5 Å². The van der Waals surface area contributed by atoms with Crippen molar-refractivity contribution < 1.29 is 13.3 Å². The molecule has 4 saturated carbocycles. The Morgan fingerprint density at radius 3 is 2.22 bits per heavy atom. The van der Waals surface area contributed by atoms with E-state index in [-0.39, 0.29) is 22.0 Å². The van der Waals surface area contributed by atoms with Crippen molar-refractivity contribution >= 4 is 15.7 Å². The molecule has 0 aromatic heterocycles. The number of hydrogen-bond acceptors (Lipinski definition) is 4. The lowest BCUT2D eigenvalue weighted by atomic mass is 9.47. The molecule has 1 aromatic carbocycles. The van der Waals surface area contributed by atoms with E-state index in [0.717, 1.165) is 49.9 Å². The lowest BCUT2D eigenvalue weighted by molar-refractivity contribution is -0.387. The topological polar surface area (TPSA) is 89.3 Å². The molecule has 1 N–H and O–H groups in total. The first-order valence-electron chi connectivity index (χ1n) is 10.1. The van der Waals surface area contributed by atoms with Crippen LogP contribution in [-0.4, -0.2) is 19.4 Å². The number of nitro groups is 1. The van der Waals surface area contributed by atoms with Crippen molar-refractivity contribution in [3.8, 4) is 0 Å². The van der Waals surface area contributed by atoms with Crippen molar-refractivity contribution in [1.82, 2.24) is 4.72 Å². The van der Waals surface area contributed by atoms with Crippen LogP contribution in [0.2, 0.25) is 0 Å². The molecular formula is C20H28N2O4S. The van der Waals surface area contributed by atoms with Gasteiger partial charge in [0.15, 0.2) is 4.90 Å². The summed E-state index contributed by atoms with van der Waals surface area (Å²) in [6, 6.07) is 5.50. The molecule has 4 aliphatic carbocycles. The molecule has 5 rings (SSSR count). The van der Waals surface area contributed by atoms with E-state index in [1.54, 1.807) is 6.07 Å². The lowest BCUT2D eigenvalue weighted by Crippen LogP contribution is -2.56. The smallest absolute Gasteiger partial charge is 0.258 e. The van der Waals surface area contributed by atoms with Gasteiger partial charge < -0.3 is 0 Å². The fraction of sp³-hybridized carbons (Fsp3) is 0.700. The van der Waals surface area contributed by atoms with Crippen LogP contribution in [0.25, 0.3) is 0 Å². The summed E-state index contributed by atoms with van der Waals surface area (Å²) in [4.78, 5) is 10.5. The molecular weight excluding hydrogens is 364 g/mol. The van der Waals surface area contributed by atoms with E-state index in [1.807, 2.05) is 0 Å². The third-order valence-electron chi connectivity index (χ3n) is 7.05. The van der Waals surface area contributed by atoms with E-state index < -0.39 is 14.9 Å². The number of nitrogens with one attached hydrogen (secondary N) is 1. The molecule has 1 atom stereocenters. The molecule has 0 heterocycles. The molecule has 1 aromatic rings. The average Bonchev–Trinajstić information content (AvgIpc) is 2.60. The second kappa shape index (κ2) is 6.85. The van der Waals surface area contributed by atoms with Crippen LogP contribution in [0.5, 0.6) is 0 Å². The SMILES string of the molecule is CCCC(NS(=O)(=O)c1ccccc1[N+](=O)[O-])C12CC3CC(CC(C3)C1)C2. The zero-order valence-electron chi connectivity index (χ0n) is 15.8. The normalized spacial score (nSPS) is 33.1. The molecule has 4 fully saturated rings. The van der Waals surface area contributed by atoms with Gasteiger partial charge in [-0.15, -0.1) is 0 Å². The van der Waals surface area contributed by atoms with Gasteiger partial charge in [0.1, 0.15) is 0 Å². The van der Waals surface area contributed by atoms with E-state index in [1.165, 1.54) is 37.5 Å². The van der Waals surface area contributed by atoms with Gasteiger partial charge in [0.25, 0.3) is 5.69 Å². The minimum atomic E-state index is -3.94. The fourth-order valence-electron chi connectivity index (χ4n) is 6.47. The quantitative estimate of drug-likeness (QED) is 0.555. The van der Waals surface area contributed by atoms with E-state index >= 15 is 0 Å². The summed E-state index contributed by atoms with van der Waals surface area (Å²) >= 11 is 0. The van der Waals surface area contributed by atoms with Gasteiger partial charge >= 0.3 is 0 Å². The highest BCUT2D eigenvalue weighted by molar-refractivity contribution is 7.89. The predicted molar refractivity (Wildman–Crippen MR) is 103 cm³/mol. The second-order valence-corrected chi connectivity index (χ2v) is 10.6.